The lowest BCUT2D eigenvalue weighted by molar-refractivity contribution is -0.870. The lowest BCUT2D eigenvalue weighted by atomic mass is 10.0. The van der Waals surface area contributed by atoms with Gasteiger partial charge in [-0.15, -0.1) is 0 Å². The molecule has 292 valence electrons. The predicted molar refractivity (Wildman–Crippen MR) is 205 cm³/mol. The van der Waals surface area contributed by atoms with Gasteiger partial charge in [0.15, 0.2) is 0 Å². The highest BCUT2D eigenvalue weighted by Gasteiger charge is 2.24. The molecule has 0 aromatic rings. The first-order valence-corrected chi connectivity index (χ1v) is 22.0. The highest BCUT2D eigenvalue weighted by Crippen LogP contribution is 2.38. The third-order valence-electron chi connectivity index (χ3n) is 9.25. The molecule has 1 amide bonds. The summed E-state index contributed by atoms with van der Waals surface area (Å²) in [5.41, 5.74) is 0. The summed E-state index contributed by atoms with van der Waals surface area (Å²) in [7, 11) is 1.30. The number of hydrogen-bond donors (Lipinski definition) is 2. The van der Waals surface area contributed by atoms with Crippen LogP contribution in [0.5, 0.6) is 0 Å². The lowest BCUT2D eigenvalue weighted by Gasteiger charge is -2.30. The van der Waals surface area contributed by atoms with E-state index in [9.17, 15) is 19.4 Å². The van der Waals surface area contributed by atoms with Crippen LogP contribution >= 0.6 is 7.82 Å². The van der Waals surface area contributed by atoms with E-state index >= 15 is 0 Å². The summed E-state index contributed by atoms with van der Waals surface area (Å²) in [6, 6.07) is -0.794. The number of carbonyl (C=O) groups is 1. The Balaban J connectivity index is 4.26. The van der Waals surface area contributed by atoms with E-state index < -0.39 is 20.0 Å². The predicted octanol–water partition coefficient (Wildman–Crippen LogP) is 10.2. The molecular formula is C40H81N2O6P. The number of carbonyl (C=O) groups excluding carboxylic acids is 1. The fourth-order valence-electron chi connectivity index (χ4n) is 5.92. The molecule has 0 aromatic heterocycles. The Morgan fingerprint density at radius 1 is 0.694 bits per heavy atom. The van der Waals surface area contributed by atoms with E-state index in [1.54, 1.807) is 0 Å². The van der Waals surface area contributed by atoms with E-state index in [-0.39, 0.29) is 19.1 Å². The molecule has 0 saturated carbocycles. The molecule has 3 unspecified atom stereocenters. The number of likely N-dealkylation sites (N-methyl/N-ethyl adjacent to an activating group) is 1. The Bertz CT molecular complexity index is 819. The number of aliphatic hydroxyl groups excluding tert-OH is 1. The van der Waals surface area contributed by atoms with Crippen LogP contribution in [0.25, 0.3) is 0 Å². The van der Waals surface area contributed by atoms with Crippen molar-refractivity contribution in [3.8, 4) is 0 Å². The van der Waals surface area contributed by atoms with Crippen molar-refractivity contribution in [2.45, 2.75) is 199 Å². The highest BCUT2D eigenvalue weighted by molar-refractivity contribution is 7.45. The van der Waals surface area contributed by atoms with Gasteiger partial charge in [0.2, 0.25) is 5.91 Å². The summed E-state index contributed by atoms with van der Waals surface area (Å²) in [6.45, 7) is 4.67. The molecule has 9 heteroatoms. The van der Waals surface area contributed by atoms with Crippen LogP contribution in [0.1, 0.15) is 187 Å². The zero-order chi connectivity index (χ0) is 36.5. The molecule has 0 rings (SSSR count). The van der Waals surface area contributed by atoms with Gasteiger partial charge in [0, 0.05) is 6.42 Å². The van der Waals surface area contributed by atoms with Gasteiger partial charge in [0.25, 0.3) is 7.82 Å². The van der Waals surface area contributed by atoms with Crippen LogP contribution in [-0.4, -0.2) is 68.5 Å². The molecule has 0 radical (unpaired) electrons. The van der Waals surface area contributed by atoms with E-state index in [4.69, 9.17) is 9.05 Å². The number of allylic oxidation sites excluding steroid dienone is 2. The minimum absolute atomic E-state index is 0.0130. The molecule has 0 aliphatic rings. The fourth-order valence-corrected chi connectivity index (χ4v) is 6.64. The van der Waals surface area contributed by atoms with E-state index in [1.165, 1.54) is 122 Å². The Morgan fingerprint density at radius 3 is 1.59 bits per heavy atom. The molecule has 0 aromatic carbocycles. The number of phosphoric acid groups is 1. The summed E-state index contributed by atoms with van der Waals surface area (Å²) in [5, 5.41) is 13.8. The first-order valence-electron chi connectivity index (χ1n) is 20.5. The van der Waals surface area contributed by atoms with Crippen LogP contribution in [-0.2, 0) is 18.4 Å². The Kier molecular flexibility index (Phi) is 32.6. The topological polar surface area (TPSA) is 108 Å². The number of quaternary nitrogens is 1. The monoisotopic (exact) mass is 717 g/mol. The lowest BCUT2D eigenvalue weighted by Crippen LogP contribution is -2.46. The van der Waals surface area contributed by atoms with Crippen molar-refractivity contribution >= 4 is 13.7 Å². The van der Waals surface area contributed by atoms with Crippen molar-refractivity contribution in [1.29, 1.82) is 0 Å². The van der Waals surface area contributed by atoms with Crippen LogP contribution in [0.4, 0.5) is 0 Å². The molecule has 0 aliphatic carbocycles. The number of phosphoric ester groups is 1. The van der Waals surface area contributed by atoms with Gasteiger partial charge in [-0.25, -0.2) is 0 Å². The third kappa shape index (κ3) is 35.4. The zero-order valence-corrected chi connectivity index (χ0v) is 33.8. The van der Waals surface area contributed by atoms with Gasteiger partial charge in [0.05, 0.1) is 39.9 Å². The maximum atomic E-state index is 12.8. The van der Waals surface area contributed by atoms with E-state index in [0.29, 0.717) is 23.9 Å². The van der Waals surface area contributed by atoms with Crippen molar-refractivity contribution in [1.82, 2.24) is 5.32 Å². The number of hydrogen-bond acceptors (Lipinski definition) is 6. The number of nitrogens with one attached hydrogen (secondary N) is 1. The van der Waals surface area contributed by atoms with E-state index in [0.717, 1.165) is 38.5 Å². The van der Waals surface area contributed by atoms with E-state index in [2.05, 4.69) is 31.3 Å². The largest absolute Gasteiger partial charge is 0.756 e. The van der Waals surface area contributed by atoms with Gasteiger partial charge in [0.1, 0.15) is 13.2 Å². The number of nitrogens with zero attached hydrogens (tertiary/aromatic N) is 1. The summed E-state index contributed by atoms with van der Waals surface area (Å²) in [4.78, 5) is 25.2. The van der Waals surface area contributed by atoms with Crippen molar-refractivity contribution in [2.75, 3.05) is 40.9 Å². The molecule has 0 fully saturated rings. The highest BCUT2D eigenvalue weighted by atomic mass is 31.2. The molecule has 0 bridgehead atoms. The maximum Gasteiger partial charge on any atom is 0.268 e. The van der Waals surface area contributed by atoms with Crippen LogP contribution in [0, 0.1) is 0 Å². The molecular weight excluding hydrogens is 635 g/mol. The maximum absolute atomic E-state index is 12.8. The van der Waals surface area contributed by atoms with Gasteiger partial charge in [-0.2, -0.15) is 0 Å². The standard InChI is InChI=1S/C40H81N2O6P/c1-6-8-10-12-14-16-17-18-19-20-21-22-23-24-25-26-28-30-32-34-40(44)41-38(37-48-49(45,46)47-36-35-42(3,4)5)39(43)33-31-29-27-15-13-11-9-7-2/h18-19,38-39,43H,6-17,20-37H2,1-5H3,(H-,41,44,45,46)/b19-18-. The SMILES string of the molecule is CCCCCCCC/C=C\CCCCCCCCCCCC(=O)NC(COP(=O)([O-])OCC[N+](C)(C)C)C(O)CCCCCCCCCC. The van der Waals surface area contributed by atoms with Crippen LogP contribution in [0.15, 0.2) is 12.2 Å². The van der Waals surface area contributed by atoms with Crippen molar-refractivity contribution in [2.24, 2.45) is 0 Å². The third-order valence-corrected chi connectivity index (χ3v) is 10.2. The zero-order valence-electron chi connectivity index (χ0n) is 32.9. The molecule has 3 atom stereocenters. The molecule has 2 N–H and O–H groups in total. The fraction of sp³-hybridized carbons (Fsp3) is 0.925. The second-order valence-electron chi connectivity index (χ2n) is 15.3. The summed E-state index contributed by atoms with van der Waals surface area (Å²) in [5.74, 6) is -0.170. The Labute approximate surface area is 303 Å². The second kappa shape index (κ2) is 33.1. The first-order chi connectivity index (χ1) is 23.5. The van der Waals surface area contributed by atoms with E-state index in [1.807, 2.05) is 21.1 Å². The minimum atomic E-state index is -4.55. The average Bonchev–Trinajstić information content (AvgIpc) is 3.04. The van der Waals surface area contributed by atoms with Crippen LogP contribution in [0.2, 0.25) is 0 Å². The second-order valence-corrected chi connectivity index (χ2v) is 16.8. The van der Waals surface area contributed by atoms with Crippen LogP contribution in [0.3, 0.4) is 0 Å². The summed E-state index contributed by atoms with van der Waals surface area (Å²) in [6.07, 6.45) is 35.1. The Hall–Kier alpha value is -0.760. The van der Waals surface area contributed by atoms with Gasteiger partial charge in [-0.1, -0.05) is 154 Å². The molecule has 49 heavy (non-hydrogen) atoms. The number of amides is 1. The van der Waals surface area contributed by atoms with Gasteiger partial charge >= 0.3 is 0 Å². The minimum Gasteiger partial charge on any atom is -0.756 e. The first kappa shape index (κ1) is 48.2. The normalized spacial score (nSPS) is 14.7. The number of unbranched alkanes of at least 4 members (excludes halogenated alkanes) is 22. The average molecular weight is 717 g/mol. The van der Waals surface area contributed by atoms with Gasteiger partial charge in [-0.05, 0) is 38.5 Å². The molecule has 0 saturated heterocycles. The van der Waals surface area contributed by atoms with Crippen LogP contribution < -0.4 is 10.2 Å². The van der Waals surface area contributed by atoms with Crippen molar-refractivity contribution in [3.63, 3.8) is 0 Å². The molecule has 8 nitrogen and oxygen atoms in total. The smallest absolute Gasteiger partial charge is 0.268 e. The summed E-state index contributed by atoms with van der Waals surface area (Å²) >= 11 is 0. The quantitative estimate of drug-likeness (QED) is 0.0287. The number of aliphatic hydroxyl groups is 1. The molecule has 0 spiro atoms. The number of rotatable bonds is 37. The van der Waals surface area contributed by atoms with Crippen molar-refractivity contribution in [3.05, 3.63) is 12.2 Å². The van der Waals surface area contributed by atoms with Gasteiger partial charge < -0.3 is 28.8 Å². The molecule has 0 aliphatic heterocycles. The van der Waals surface area contributed by atoms with Crippen molar-refractivity contribution < 1.29 is 32.9 Å². The summed E-state index contributed by atoms with van der Waals surface area (Å²) < 4.78 is 23.1. The van der Waals surface area contributed by atoms with Gasteiger partial charge in [-0.3, -0.25) is 9.36 Å². The Morgan fingerprint density at radius 2 is 1.12 bits per heavy atom. The molecule has 0 heterocycles.